The van der Waals surface area contributed by atoms with E-state index in [1.54, 1.807) is 19.1 Å². The van der Waals surface area contributed by atoms with Crippen LogP contribution in [0.2, 0.25) is 0 Å². The van der Waals surface area contributed by atoms with Gasteiger partial charge in [-0.05, 0) is 38.0 Å². The molecule has 0 aliphatic heterocycles. The maximum absolute atomic E-state index is 13.5. The van der Waals surface area contributed by atoms with Crippen molar-refractivity contribution < 1.29 is 14.0 Å². The second kappa shape index (κ2) is 8.24. The van der Waals surface area contributed by atoms with E-state index >= 15 is 0 Å². The van der Waals surface area contributed by atoms with E-state index in [9.17, 15) is 14.0 Å². The highest BCUT2D eigenvalue weighted by Gasteiger charge is 2.16. The first-order chi connectivity index (χ1) is 11.5. The highest BCUT2D eigenvalue weighted by molar-refractivity contribution is 5.96. The van der Waals surface area contributed by atoms with Gasteiger partial charge in [-0.2, -0.15) is 0 Å². The third-order valence-corrected chi connectivity index (χ3v) is 3.66. The Morgan fingerprint density at radius 1 is 1.08 bits per heavy atom. The molecule has 0 spiro atoms. The molecule has 5 heteroatoms. The lowest BCUT2D eigenvalue weighted by Crippen LogP contribution is -2.41. The minimum absolute atomic E-state index is 0.100. The van der Waals surface area contributed by atoms with E-state index < -0.39 is 17.8 Å². The molecule has 2 rings (SSSR count). The second-order valence-corrected chi connectivity index (χ2v) is 5.74. The Labute approximate surface area is 141 Å². The van der Waals surface area contributed by atoms with Crippen molar-refractivity contribution in [2.24, 2.45) is 0 Å². The summed E-state index contributed by atoms with van der Waals surface area (Å²) in [5, 5.41) is 5.09. The molecule has 0 bridgehead atoms. The number of nitrogens with one attached hydrogen (secondary N) is 2. The molecule has 2 aromatic rings. The van der Waals surface area contributed by atoms with Crippen LogP contribution in [0.15, 0.2) is 48.5 Å². The van der Waals surface area contributed by atoms with Crippen molar-refractivity contribution in [2.75, 3.05) is 5.32 Å². The molecule has 2 amide bonds. The molecule has 2 aromatic carbocycles. The summed E-state index contributed by atoms with van der Waals surface area (Å²) in [6.45, 7) is 3.58. The van der Waals surface area contributed by atoms with Crippen molar-refractivity contribution >= 4 is 17.5 Å². The molecule has 2 N–H and O–H groups in total. The van der Waals surface area contributed by atoms with Gasteiger partial charge in [-0.3, -0.25) is 9.59 Å². The van der Waals surface area contributed by atoms with Gasteiger partial charge in [-0.15, -0.1) is 0 Å². The number of amides is 2. The maximum atomic E-state index is 13.5. The van der Waals surface area contributed by atoms with Crippen LogP contribution in [0, 0.1) is 12.7 Å². The third-order valence-electron chi connectivity index (χ3n) is 3.66. The molecular formula is C19H21FN2O2. The quantitative estimate of drug-likeness (QED) is 0.855. The van der Waals surface area contributed by atoms with E-state index in [-0.39, 0.29) is 11.6 Å². The maximum Gasteiger partial charge on any atom is 0.246 e. The summed E-state index contributed by atoms with van der Waals surface area (Å²) in [6, 6.07) is 13.1. The summed E-state index contributed by atoms with van der Waals surface area (Å²) in [5.41, 5.74) is 2.34. The van der Waals surface area contributed by atoms with E-state index in [1.165, 1.54) is 17.7 Å². The largest absolute Gasteiger partial charge is 0.345 e. The van der Waals surface area contributed by atoms with E-state index in [4.69, 9.17) is 0 Å². The standard InChI is InChI=1S/C19H21FN2O2/c1-13-7-9-15(10-8-13)11-12-18(23)21-14(2)19(24)22-17-6-4-3-5-16(17)20/h3-10,14H,11-12H2,1-2H3,(H,21,23)(H,22,24). The first-order valence-corrected chi connectivity index (χ1v) is 7.86. The molecule has 1 atom stereocenters. The molecular weight excluding hydrogens is 307 g/mol. The van der Waals surface area contributed by atoms with Crippen molar-refractivity contribution in [3.63, 3.8) is 0 Å². The Morgan fingerprint density at radius 3 is 2.42 bits per heavy atom. The van der Waals surface area contributed by atoms with Crippen LogP contribution in [0.4, 0.5) is 10.1 Å². The molecule has 0 aliphatic carbocycles. The molecule has 1 unspecified atom stereocenters. The molecule has 0 saturated heterocycles. The highest BCUT2D eigenvalue weighted by atomic mass is 19.1. The van der Waals surface area contributed by atoms with Crippen LogP contribution in [-0.4, -0.2) is 17.9 Å². The van der Waals surface area contributed by atoms with Crippen LogP contribution in [0.25, 0.3) is 0 Å². The number of para-hydroxylation sites is 1. The highest BCUT2D eigenvalue weighted by Crippen LogP contribution is 2.12. The average molecular weight is 328 g/mol. The minimum Gasteiger partial charge on any atom is -0.345 e. The zero-order chi connectivity index (χ0) is 17.5. The number of halogens is 1. The summed E-state index contributed by atoms with van der Waals surface area (Å²) in [4.78, 5) is 24.0. The van der Waals surface area contributed by atoms with Crippen LogP contribution in [0.3, 0.4) is 0 Å². The van der Waals surface area contributed by atoms with E-state index in [0.717, 1.165) is 5.56 Å². The molecule has 0 aliphatic rings. The van der Waals surface area contributed by atoms with Crippen LogP contribution in [0.5, 0.6) is 0 Å². The summed E-state index contributed by atoms with van der Waals surface area (Å²) in [6.07, 6.45) is 0.897. The Balaban J connectivity index is 1.81. The van der Waals surface area contributed by atoms with Gasteiger partial charge in [-0.1, -0.05) is 42.0 Å². The predicted molar refractivity (Wildman–Crippen MR) is 92.1 cm³/mol. The molecule has 0 radical (unpaired) electrons. The number of benzene rings is 2. The number of rotatable bonds is 6. The Morgan fingerprint density at radius 2 is 1.75 bits per heavy atom. The number of carbonyl (C=O) groups excluding carboxylic acids is 2. The topological polar surface area (TPSA) is 58.2 Å². The SMILES string of the molecule is Cc1ccc(CCC(=O)NC(C)C(=O)Nc2ccccc2F)cc1. The molecule has 4 nitrogen and oxygen atoms in total. The molecule has 0 heterocycles. The molecule has 126 valence electrons. The van der Waals surface area contributed by atoms with Crippen molar-refractivity contribution in [2.45, 2.75) is 32.7 Å². The van der Waals surface area contributed by atoms with Gasteiger partial charge in [0.15, 0.2) is 0 Å². The first-order valence-electron chi connectivity index (χ1n) is 7.86. The van der Waals surface area contributed by atoms with E-state index in [0.29, 0.717) is 12.8 Å². The van der Waals surface area contributed by atoms with Crippen molar-refractivity contribution in [3.05, 3.63) is 65.5 Å². The van der Waals surface area contributed by atoms with Crippen LogP contribution in [0.1, 0.15) is 24.5 Å². The fraction of sp³-hybridized carbons (Fsp3) is 0.263. The van der Waals surface area contributed by atoms with Crippen LogP contribution >= 0.6 is 0 Å². The number of anilines is 1. The van der Waals surface area contributed by atoms with Gasteiger partial charge in [0.1, 0.15) is 11.9 Å². The van der Waals surface area contributed by atoms with Crippen molar-refractivity contribution in [3.8, 4) is 0 Å². The smallest absolute Gasteiger partial charge is 0.246 e. The number of hydrogen-bond donors (Lipinski definition) is 2. The van der Waals surface area contributed by atoms with Gasteiger partial charge >= 0.3 is 0 Å². The van der Waals surface area contributed by atoms with Crippen LogP contribution < -0.4 is 10.6 Å². The van der Waals surface area contributed by atoms with Gasteiger partial charge in [0.25, 0.3) is 0 Å². The zero-order valence-corrected chi connectivity index (χ0v) is 13.8. The Bertz CT molecular complexity index is 714. The Hall–Kier alpha value is -2.69. The molecule has 0 saturated carbocycles. The molecule has 0 aromatic heterocycles. The van der Waals surface area contributed by atoms with Crippen LogP contribution in [-0.2, 0) is 16.0 Å². The fourth-order valence-corrected chi connectivity index (χ4v) is 2.20. The van der Waals surface area contributed by atoms with Gasteiger partial charge in [0, 0.05) is 6.42 Å². The zero-order valence-electron chi connectivity index (χ0n) is 13.8. The number of carbonyl (C=O) groups is 2. The first kappa shape index (κ1) is 17.7. The van der Waals surface area contributed by atoms with E-state index in [1.807, 2.05) is 31.2 Å². The lowest BCUT2D eigenvalue weighted by molar-refractivity contribution is -0.126. The Kier molecular flexibility index (Phi) is 6.07. The van der Waals surface area contributed by atoms with Gasteiger partial charge in [0.05, 0.1) is 5.69 Å². The lowest BCUT2D eigenvalue weighted by Gasteiger charge is -2.14. The number of hydrogen-bond acceptors (Lipinski definition) is 2. The summed E-state index contributed by atoms with van der Waals surface area (Å²) < 4.78 is 13.5. The average Bonchev–Trinajstić information content (AvgIpc) is 2.56. The summed E-state index contributed by atoms with van der Waals surface area (Å²) in [7, 11) is 0. The fourth-order valence-electron chi connectivity index (χ4n) is 2.20. The predicted octanol–water partition coefficient (Wildman–Crippen LogP) is 3.21. The van der Waals surface area contributed by atoms with Gasteiger partial charge in [0.2, 0.25) is 11.8 Å². The lowest BCUT2D eigenvalue weighted by atomic mass is 10.1. The molecule has 0 fully saturated rings. The van der Waals surface area contributed by atoms with Gasteiger partial charge in [-0.25, -0.2) is 4.39 Å². The normalized spacial score (nSPS) is 11.6. The van der Waals surface area contributed by atoms with Crippen molar-refractivity contribution in [1.82, 2.24) is 5.32 Å². The number of aryl methyl sites for hydroxylation is 2. The summed E-state index contributed by atoms with van der Waals surface area (Å²) in [5.74, 6) is -1.18. The minimum atomic E-state index is -0.741. The molecule has 24 heavy (non-hydrogen) atoms. The van der Waals surface area contributed by atoms with E-state index in [2.05, 4.69) is 10.6 Å². The van der Waals surface area contributed by atoms with Crippen molar-refractivity contribution in [1.29, 1.82) is 0 Å². The third kappa shape index (κ3) is 5.19. The second-order valence-electron chi connectivity index (χ2n) is 5.74. The van der Waals surface area contributed by atoms with Gasteiger partial charge < -0.3 is 10.6 Å². The summed E-state index contributed by atoms with van der Waals surface area (Å²) >= 11 is 0. The monoisotopic (exact) mass is 328 g/mol.